The number of hydrogen-bond acceptors (Lipinski definition) is 5. The second kappa shape index (κ2) is 8.03. The number of carbonyl (C=O) groups is 2. The molecule has 26 heavy (non-hydrogen) atoms. The van der Waals surface area contributed by atoms with Gasteiger partial charge in [0.1, 0.15) is 5.58 Å². The third-order valence-corrected chi connectivity index (χ3v) is 4.71. The monoisotopic (exact) mass is 358 g/mol. The van der Waals surface area contributed by atoms with Crippen LogP contribution in [-0.4, -0.2) is 25.2 Å². The van der Waals surface area contributed by atoms with Crippen molar-refractivity contribution in [2.75, 3.05) is 12.4 Å². The zero-order chi connectivity index (χ0) is 18.5. The summed E-state index contributed by atoms with van der Waals surface area (Å²) >= 11 is 0. The van der Waals surface area contributed by atoms with Crippen molar-refractivity contribution < 1.29 is 18.7 Å². The molecule has 3 rings (SSSR count). The standard InChI is InChI=1S/C19H22N2O5/c1-25-18(23)14-5-3-2-4-6-15(14)21-19(24)20-13-8-9-16-12(11-13)7-10-17(22)26-16/h7-11,14-15H,2-6H2,1H3,(H2,20,21,24)/t14-,15+/m0/s1. The molecule has 1 aromatic carbocycles. The maximum Gasteiger partial charge on any atom is 0.336 e. The smallest absolute Gasteiger partial charge is 0.336 e. The first-order valence-electron chi connectivity index (χ1n) is 8.76. The fourth-order valence-corrected chi connectivity index (χ4v) is 3.40. The van der Waals surface area contributed by atoms with E-state index < -0.39 is 5.63 Å². The first-order chi connectivity index (χ1) is 12.6. The molecule has 0 spiro atoms. The van der Waals surface area contributed by atoms with Crippen LogP contribution in [0.5, 0.6) is 0 Å². The van der Waals surface area contributed by atoms with Gasteiger partial charge < -0.3 is 19.8 Å². The van der Waals surface area contributed by atoms with Crippen LogP contribution in [-0.2, 0) is 9.53 Å². The Morgan fingerprint density at radius 1 is 1.12 bits per heavy atom. The van der Waals surface area contributed by atoms with E-state index in [9.17, 15) is 14.4 Å². The molecule has 1 fully saturated rings. The molecule has 7 heteroatoms. The lowest BCUT2D eigenvalue weighted by Crippen LogP contribution is -2.45. The van der Waals surface area contributed by atoms with Crippen LogP contribution < -0.4 is 16.3 Å². The zero-order valence-corrected chi connectivity index (χ0v) is 14.6. The molecular formula is C19H22N2O5. The summed E-state index contributed by atoms with van der Waals surface area (Å²) in [6.45, 7) is 0. The molecule has 1 aromatic heterocycles. The Balaban J connectivity index is 1.69. The average Bonchev–Trinajstić information content (AvgIpc) is 2.86. The molecule has 1 saturated carbocycles. The van der Waals surface area contributed by atoms with Gasteiger partial charge >= 0.3 is 17.6 Å². The molecule has 2 amide bonds. The normalized spacial score (nSPS) is 20.2. The number of hydrogen-bond donors (Lipinski definition) is 2. The fraction of sp³-hybridized carbons (Fsp3) is 0.421. The molecule has 0 unspecified atom stereocenters. The van der Waals surface area contributed by atoms with Crippen LogP contribution in [0, 0.1) is 5.92 Å². The third kappa shape index (κ3) is 4.22. The van der Waals surface area contributed by atoms with Gasteiger partial charge in [-0.25, -0.2) is 9.59 Å². The average molecular weight is 358 g/mol. The van der Waals surface area contributed by atoms with Gasteiger partial charge in [0.2, 0.25) is 0 Å². The number of ether oxygens (including phenoxy) is 1. The van der Waals surface area contributed by atoms with Crippen molar-refractivity contribution in [1.82, 2.24) is 5.32 Å². The van der Waals surface area contributed by atoms with Crippen molar-refractivity contribution in [2.24, 2.45) is 5.92 Å². The molecule has 2 aromatic rings. The van der Waals surface area contributed by atoms with Crippen molar-refractivity contribution in [3.05, 3.63) is 40.8 Å². The Morgan fingerprint density at radius 2 is 1.92 bits per heavy atom. The minimum Gasteiger partial charge on any atom is -0.469 e. The van der Waals surface area contributed by atoms with E-state index >= 15 is 0 Å². The Morgan fingerprint density at radius 3 is 2.73 bits per heavy atom. The quantitative estimate of drug-likeness (QED) is 0.499. The van der Waals surface area contributed by atoms with E-state index in [4.69, 9.17) is 9.15 Å². The lowest BCUT2D eigenvalue weighted by molar-refractivity contribution is -0.146. The molecule has 0 bridgehead atoms. The van der Waals surface area contributed by atoms with Crippen molar-refractivity contribution in [1.29, 1.82) is 0 Å². The highest BCUT2D eigenvalue weighted by Crippen LogP contribution is 2.25. The molecule has 0 radical (unpaired) electrons. The topological polar surface area (TPSA) is 97.6 Å². The summed E-state index contributed by atoms with van der Waals surface area (Å²) < 4.78 is 9.96. The van der Waals surface area contributed by atoms with Crippen LogP contribution in [0.3, 0.4) is 0 Å². The number of amides is 2. The van der Waals surface area contributed by atoms with E-state index in [0.717, 1.165) is 25.7 Å². The van der Waals surface area contributed by atoms with Gasteiger partial charge in [0.25, 0.3) is 0 Å². The van der Waals surface area contributed by atoms with E-state index in [1.807, 2.05) is 0 Å². The number of carbonyl (C=O) groups excluding carboxylic acids is 2. The van der Waals surface area contributed by atoms with Gasteiger partial charge in [-0.05, 0) is 37.1 Å². The molecule has 1 heterocycles. The Labute approximate surface area is 150 Å². The first-order valence-corrected chi connectivity index (χ1v) is 8.76. The van der Waals surface area contributed by atoms with Gasteiger partial charge in [0.05, 0.1) is 13.0 Å². The second-order valence-electron chi connectivity index (χ2n) is 6.48. The summed E-state index contributed by atoms with van der Waals surface area (Å²) in [6.07, 6.45) is 4.43. The fourth-order valence-electron chi connectivity index (χ4n) is 3.40. The van der Waals surface area contributed by atoms with Crippen LogP contribution in [0.4, 0.5) is 10.5 Å². The molecule has 1 aliphatic carbocycles. The number of urea groups is 1. The van der Waals surface area contributed by atoms with Crippen molar-refractivity contribution in [3.63, 3.8) is 0 Å². The van der Waals surface area contributed by atoms with Crippen LogP contribution in [0.1, 0.15) is 32.1 Å². The Hall–Kier alpha value is -2.83. The lowest BCUT2D eigenvalue weighted by Gasteiger charge is -2.24. The summed E-state index contributed by atoms with van der Waals surface area (Å²) in [5.74, 6) is -0.600. The van der Waals surface area contributed by atoms with Gasteiger partial charge in [-0.15, -0.1) is 0 Å². The largest absolute Gasteiger partial charge is 0.469 e. The number of anilines is 1. The molecule has 7 nitrogen and oxygen atoms in total. The molecular weight excluding hydrogens is 336 g/mol. The number of benzene rings is 1. The first kappa shape index (κ1) is 18.0. The maximum absolute atomic E-state index is 12.4. The van der Waals surface area contributed by atoms with E-state index in [1.54, 1.807) is 24.3 Å². The highest BCUT2D eigenvalue weighted by molar-refractivity contribution is 5.92. The van der Waals surface area contributed by atoms with E-state index in [0.29, 0.717) is 23.1 Å². The van der Waals surface area contributed by atoms with Crippen LogP contribution in [0.2, 0.25) is 0 Å². The van der Waals surface area contributed by atoms with Gasteiger partial charge in [-0.3, -0.25) is 4.79 Å². The van der Waals surface area contributed by atoms with Crippen LogP contribution >= 0.6 is 0 Å². The van der Waals surface area contributed by atoms with Crippen molar-refractivity contribution >= 4 is 28.7 Å². The Bertz CT molecular complexity index is 860. The summed E-state index contributed by atoms with van der Waals surface area (Å²) in [5.41, 5.74) is 0.614. The SMILES string of the molecule is COC(=O)[C@H]1CCCCC[C@H]1NC(=O)Nc1ccc2oc(=O)ccc2c1. The van der Waals surface area contributed by atoms with Crippen molar-refractivity contribution in [3.8, 4) is 0 Å². The second-order valence-corrected chi connectivity index (χ2v) is 6.48. The third-order valence-electron chi connectivity index (χ3n) is 4.71. The number of methoxy groups -OCH3 is 1. The van der Waals surface area contributed by atoms with E-state index in [2.05, 4.69) is 10.6 Å². The predicted molar refractivity (Wildman–Crippen MR) is 97.0 cm³/mol. The highest BCUT2D eigenvalue weighted by atomic mass is 16.5. The van der Waals surface area contributed by atoms with E-state index in [-0.39, 0.29) is 24.0 Å². The number of fused-ring (bicyclic) bond motifs is 1. The molecule has 2 N–H and O–H groups in total. The lowest BCUT2D eigenvalue weighted by atomic mass is 9.95. The predicted octanol–water partition coefficient (Wildman–Crippen LogP) is 3.04. The molecule has 0 saturated heterocycles. The highest BCUT2D eigenvalue weighted by Gasteiger charge is 2.31. The minimum atomic E-state index is -0.418. The van der Waals surface area contributed by atoms with Crippen molar-refractivity contribution in [2.45, 2.75) is 38.1 Å². The zero-order valence-electron chi connectivity index (χ0n) is 14.6. The van der Waals surface area contributed by atoms with Gasteiger partial charge in [0.15, 0.2) is 0 Å². The van der Waals surface area contributed by atoms with E-state index in [1.165, 1.54) is 13.2 Å². The summed E-state index contributed by atoms with van der Waals surface area (Å²) in [6, 6.07) is 7.38. The number of esters is 1. The molecule has 1 aliphatic rings. The molecule has 0 aliphatic heterocycles. The van der Waals surface area contributed by atoms with Crippen LogP contribution in [0.15, 0.2) is 39.5 Å². The van der Waals surface area contributed by atoms with Gasteiger partial charge in [-0.2, -0.15) is 0 Å². The summed E-state index contributed by atoms with van der Waals surface area (Å²) in [4.78, 5) is 35.6. The Kier molecular flexibility index (Phi) is 5.55. The summed E-state index contributed by atoms with van der Waals surface area (Å²) in [5, 5.41) is 6.39. The van der Waals surface area contributed by atoms with Gasteiger partial charge in [0, 0.05) is 23.2 Å². The minimum absolute atomic E-state index is 0.247. The maximum atomic E-state index is 12.4. The molecule has 2 atom stereocenters. The van der Waals surface area contributed by atoms with Gasteiger partial charge in [-0.1, -0.05) is 19.3 Å². The van der Waals surface area contributed by atoms with Crippen LogP contribution in [0.25, 0.3) is 11.0 Å². The molecule has 138 valence electrons. The number of rotatable bonds is 3. The summed E-state index contributed by atoms with van der Waals surface area (Å²) in [7, 11) is 1.37. The number of nitrogens with one attached hydrogen (secondary N) is 2.